The number of anilines is 1. The van der Waals surface area contributed by atoms with Gasteiger partial charge in [0, 0.05) is 29.8 Å². The van der Waals surface area contributed by atoms with Crippen molar-refractivity contribution in [3.05, 3.63) is 90.6 Å². The van der Waals surface area contributed by atoms with E-state index < -0.39 is 23.9 Å². The van der Waals surface area contributed by atoms with Crippen LogP contribution >= 0.6 is 0 Å². The molecule has 0 fully saturated rings. The number of rotatable bonds is 7. The van der Waals surface area contributed by atoms with E-state index in [1.165, 1.54) is 0 Å². The lowest BCUT2D eigenvalue weighted by Crippen LogP contribution is -2.40. The number of allylic oxidation sites excluding steroid dienone is 1. The topological polar surface area (TPSA) is 58.2 Å². The third kappa shape index (κ3) is 5.47. The van der Waals surface area contributed by atoms with Crippen molar-refractivity contribution in [3.8, 4) is 0 Å². The SMILES string of the molecule is O=C(Nc1cccc2ccccc12)C(Cc1ccccc1)NC=CC(=O)C(F)(F)F. The molecule has 3 rings (SSSR count). The molecule has 30 heavy (non-hydrogen) atoms. The number of halogens is 3. The van der Waals surface area contributed by atoms with Crippen LogP contribution in [0.2, 0.25) is 0 Å². The van der Waals surface area contributed by atoms with Crippen molar-refractivity contribution in [1.82, 2.24) is 5.32 Å². The molecule has 1 unspecified atom stereocenters. The number of alkyl halides is 3. The summed E-state index contributed by atoms with van der Waals surface area (Å²) in [4.78, 5) is 24.0. The molecule has 2 N–H and O–H groups in total. The van der Waals surface area contributed by atoms with E-state index in [0.717, 1.165) is 22.5 Å². The average molecular weight is 412 g/mol. The highest BCUT2D eigenvalue weighted by molar-refractivity contribution is 6.04. The number of amides is 1. The maximum Gasteiger partial charge on any atom is 0.454 e. The molecule has 0 heterocycles. The van der Waals surface area contributed by atoms with Crippen molar-refractivity contribution >= 4 is 28.2 Å². The van der Waals surface area contributed by atoms with E-state index in [9.17, 15) is 22.8 Å². The van der Waals surface area contributed by atoms with Crippen molar-refractivity contribution in [2.45, 2.75) is 18.6 Å². The minimum Gasteiger partial charge on any atom is -0.379 e. The van der Waals surface area contributed by atoms with E-state index >= 15 is 0 Å². The third-order valence-corrected chi connectivity index (χ3v) is 4.46. The first-order chi connectivity index (χ1) is 14.3. The Bertz CT molecular complexity index is 1060. The summed E-state index contributed by atoms with van der Waals surface area (Å²) in [6.45, 7) is 0. The highest BCUT2D eigenvalue weighted by Gasteiger charge is 2.36. The lowest BCUT2D eigenvalue weighted by atomic mass is 10.0. The van der Waals surface area contributed by atoms with Gasteiger partial charge >= 0.3 is 6.18 Å². The molecule has 0 aromatic heterocycles. The van der Waals surface area contributed by atoms with E-state index in [1.807, 2.05) is 48.5 Å². The Kier molecular flexibility index (Phi) is 6.51. The first-order valence-electron chi connectivity index (χ1n) is 9.21. The van der Waals surface area contributed by atoms with Crippen molar-refractivity contribution in [2.75, 3.05) is 5.32 Å². The monoisotopic (exact) mass is 412 g/mol. The first kappa shape index (κ1) is 21.1. The molecule has 3 aromatic rings. The van der Waals surface area contributed by atoms with Crippen LogP contribution in [0, 0.1) is 0 Å². The Hall–Kier alpha value is -3.61. The van der Waals surface area contributed by atoms with E-state index in [4.69, 9.17) is 0 Å². The minimum absolute atomic E-state index is 0.224. The summed E-state index contributed by atoms with van der Waals surface area (Å²) >= 11 is 0. The number of carbonyl (C=O) groups is 2. The van der Waals surface area contributed by atoms with Crippen LogP contribution in [0.15, 0.2) is 85.1 Å². The number of carbonyl (C=O) groups excluding carboxylic acids is 2. The maximum absolute atomic E-state index is 12.9. The number of fused-ring (bicyclic) bond motifs is 1. The molecule has 0 radical (unpaired) electrons. The first-order valence-corrected chi connectivity index (χ1v) is 9.21. The fraction of sp³-hybridized carbons (Fsp3) is 0.130. The van der Waals surface area contributed by atoms with Crippen molar-refractivity contribution in [2.24, 2.45) is 0 Å². The summed E-state index contributed by atoms with van der Waals surface area (Å²) in [6.07, 6.45) is -3.49. The number of hydrogen-bond acceptors (Lipinski definition) is 3. The Morgan fingerprint density at radius 1 is 0.900 bits per heavy atom. The van der Waals surface area contributed by atoms with Gasteiger partial charge in [-0.3, -0.25) is 9.59 Å². The van der Waals surface area contributed by atoms with Gasteiger partial charge in [0.05, 0.1) is 0 Å². The summed E-state index contributed by atoms with van der Waals surface area (Å²) in [6, 6.07) is 21.2. The van der Waals surface area contributed by atoms with E-state index in [2.05, 4.69) is 10.6 Å². The quantitative estimate of drug-likeness (QED) is 0.557. The summed E-state index contributed by atoms with van der Waals surface area (Å²) in [5.74, 6) is -2.43. The van der Waals surface area contributed by atoms with Gasteiger partial charge in [-0.05, 0) is 17.0 Å². The second-order valence-corrected chi connectivity index (χ2v) is 6.62. The molecule has 0 bridgehead atoms. The van der Waals surface area contributed by atoms with Gasteiger partial charge in [0.15, 0.2) is 0 Å². The largest absolute Gasteiger partial charge is 0.454 e. The van der Waals surface area contributed by atoms with Crippen LogP contribution in [0.3, 0.4) is 0 Å². The van der Waals surface area contributed by atoms with Gasteiger partial charge in [-0.25, -0.2) is 0 Å². The van der Waals surface area contributed by atoms with Crippen LogP contribution in [0.1, 0.15) is 5.56 Å². The smallest absolute Gasteiger partial charge is 0.379 e. The molecule has 0 spiro atoms. The minimum atomic E-state index is -4.96. The van der Waals surface area contributed by atoms with Gasteiger partial charge in [0.1, 0.15) is 6.04 Å². The summed E-state index contributed by atoms with van der Waals surface area (Å²) in [7, 11) is 0. The average Bonchev–Trinajstić information content (AvgIpc) is 2.73. The zero-order valence-corrected chi connectivity index (χ0v) is 15.8. The standard InChI is InChI=1S/C23H19F3N2O2/c24-23(25,26)21(29)13-14-27-20(15-16-7-2-1-3-8-16)22(30)28-19-12-6-10-17-9-4-5-11-18(17)19/h1-14,20,27H,15H2,(H,28,30). The zero-order valence-electron chi connectivity index (χ0n) is 15.8. The van der Waals surface area contributed by atoms with Gasteiger partial charge in [0.25, 0.3) is 5.78 Å². The van der Waals surface area contributed by atoms with Crippen LogP contribution in [-0.2, 0) is 16.0 Å². The maximum atomic E-state index is 12.9. The fourth-order valence-electron chi connectivity index (χ4n) is 2.97. The number of benzene rings is 3. The van der Waals surface area contributed by atoms with Gasteiger partial charge in [-0.1, -0.05) is 66.7 Å². The summed E-state index contributed by atoms with van der Waals surface area (Å²) in [5, 5.41) is 7.24. The van der Waals surface area contributed by atoms with Crippen molar-refractivity contribution in [1.29, 1.82) is 0 Å². The predicted octanol–water partition coefficient (Wildman–Crippen LogP) is 4.62. The molecule has 0 aliphatic rings. The molecular formula is C23H19F3N2O2. The van der Waals surface area contributed by atoms with E-state index in [0.29, 0.717) is 11.8 Å². The molecule has 1 amide bonds. The van der Waals surface area contributed by atoms with Crippen LogP contribution in [0.25, 0.3) is 10.8 Å². The molecule has 1 atom stereocenters. The number of nitrogens with one attached hydrogen (secondary N) is 2. The Morgan fingerprint density at radius 3 is 2.30 bits per heavy atom. The third-order valence-electron chi connectivity index (χ3n) is 4.46. The molecule has 3 aromatic carbocycles. The van der Waals surface area contributed by atoms with Crippen molar-refractivity contribution < 1.29 is 22.8 Å². The molecule has 7 heteroatoms. The predicted molar refractivity (Wildman–Crippen MR) is 110 cm³/mol. The van der Waals surface area contributed by atoms with Crippen LogP contribution < -0.4 is 10.6 Å². The Balaban J connectivity index is 1.80. The lowest BCUT2D eigenvalue weighted by Gasteiger charge is -2.18. The molecular weight excluding hydrogens is 393 g/mol. The summed E-state index contributed by atoms with van der Waals surface area (Å²) in [5.41, 5.74) is 1.41. The second kappa shape index (κ2) is 9.26. The normalized spacial score (nSPS) is 12.6. The lowest BCUT2D eigenvalue weighted by molar-refractivity contribution is -0.165. The summed E-state index contributed by atoms with van der Waals surface area (Å²) < 4.78 is 37.2. The van der Waals surface area contributed by atoms with Gasteiger partial charge in [-0.15, -0.1) is 0 Å². The highest BCUT2D eigenvalue weighted by atomic mass is 19.4. The molecule has 154 valence electrons. The molecule has 0 saturated heterocycles. The van der Waals surface area contributed by atoms with Gasteiger partial charge < -0.3 is 10.6 Å². The number of ketones is 1. The van der Waals surface area contributed by atoms with Gasteiger partial charge in [0.2, 0.25) is 5.91 Å². The fourth-order valence-corrected chi connectivity index (χ4v) is 2.97. The second-order valence-electron chi connectivity index (χ2n) is 6.62. The highest BCUT2D eigenvalue weighted by Crippen LogP contribution is 2.23. The van der Waals surface area contributed by atoms with E-state index in [-0.39, 0.29) is 6.42 Å². The van der Waals surface area contributed by atoms with Crippen LogP contribution in [0.5, 0.6) is 0 Å². The van der Waals surface area contributed by atoms with Crippen molar-refractivity contribution in [3.63, 3.8) is 0 Å². The van der Waals surface area contributed by atoms with Crippen LogP contribution in [0.4, 0.5) is 18.9 Å². The Labute approximate surface area is 171 Å². The number of hydrogen-bond donors (Lipinski definition) is 2. The molecule has 0 aliphatic carbocycles. The molecule has 0 saturated carbocycles. The Morgan fingerprint density at radius 2 is 1.57 bits per heavy atom. The van der Waals surface area contributed by atoms with Gasteiger partial charge in [-0.2, -0.15) is 13.2 Å². The van der Waals surface area contributed by atoms with E-state index in [1.54, 1.807) is 24.3 Å². The molecule has 0 aliphatic heterocycles. The zero-order chi connectivity index (χ0) is 21.6. The molecule has 4 nitrogen and oxygen atoms in total. The van der Waals surface area contributed by atoms with Crippen LogP contribution in [-0.4, -0.2) is 23.9 Å².